The predicted octanol–water partition coefficient (Wildman–Crippen LogP) is 1.70. The molecule has 1 aliphatic heterocycles. The molecule has 6 nitrogen and oxygen atoms in total. The summed E-state index contributed by atoms with van der Waals surface area (Å²) in [7, 11) is -1.22. The van der Waals surface area contributed by atoms with Gasteiger partial charge in [-0.25, -0.2) is 8.42 Å². The van der Waals surface area contributed by atoms with Gasteiger partial charge in [0.15, 0.2) is 15.8 Å². The highest BCUT2D eigenvalue weighted by Crippen LogP contribution is 2.15. The molecule has 0 radical (unpaired) electrons. The Morgan fingerprint density at radius 2 is 2.12 bits per heavy atom. The van der Waals surface area contributed by atoms with Gasteiger partial charge in [-0.15, -0.1) is 24.0 Å². The lowest BCUT2D eigenvalue weighted by molar-refractivity contribution is 0.599. The summed E-state index contributed by atoms with van der Waals surface area (Å²) in [4.78, 5) is 8.60. The number of aliphatic imine (C=N–C) groups is 1. The third-order valence-electron chi connectivity index (χ3n) is 3.96. The summed E-state index contributed by atoms with van der Waals surface area (Å²) in [5, 5.41) is 7.51. The Hall–Kier alpha value is -1.42. The fraction of sp³-hybridized carbons (Fsp3) is 0.375. The van der Waals surface area contributed by atoms with Gasteiger partial charge in [0.2, 0.25) is 0 Å². The minimum Gasteiger partial charge on any atom is -0.353 e. The molecule has 1 aromatic heterocycles. The quantitative estimate of drug-likeness (QED) is 0.414. The molecule has 1 unspecified atom stereocenters. The average Bonchev–Trinajstić information content (AvgIpc) is 2.90. The van der Waals surface area contributed by atoms with E-state index >= 15 is 0 Å². The average molecular weight is 460 g/mol. The van der Waals surface area contributed by atoms with E-state index in [2.05, 4.69) is 20.6 Å². The lowest BCUT2D eigenvalue weighted by Crippen LogP contribution is -2.43. The molecule has 2 heterocycles. The van der Waals surface area contributed by atoms with Gasteiger partial charge in [-0.1, -0.05) is 24.3 Å². The number of nitrogens with one attached hydrogen (secondary N) is 2. The Morgan fingerprint density at radius 3 is 2.83 bits per heavy atom. The Balaban J connectivity index is 0.00000208. The molecule has 0 spiro atoms. The molecular weight excluding hydrogens is 439 g/mol. The smallest absolute Gasteiger partial charge is 0.191 e. The minimum absolute atomic E-state index is 0. The van der Waals surface area contributed by atoms with Crippen molar-refractivity contribution in [3.05, 3.63) is 42.1 Å². The second-order valence-corrected chi connectivity index (χ2v) is 7.89. The molecule has 1 fully saturated rings. The van der Waals surface area contributed by atoms with E-state index in [0.29, 0.717) is 18.9 Å². The van der Waals surface area contributed by atoms with Crippen molar-refractivity contribution < 1.29 is 8.42 Å². The van der Waals surface area contributed by atoms with Crippen LogP contribution in [-0.2, 0) is 16.4 Å². The van der Waals surface area contributed by atoms with Crippen LogP contribution < -0.4 is 10.6 Å². The van der Waals surface area contributed by atoms with E-state index in [0.717, 1.165) is 16.5 Å². The van der Waals surface area contributed by atoms with Crippen LogP contribution in [0, 0.1) is 0 Å². The second kappa shape index (κ2) is 8.11. The van der Waals surface area contributed by atoms with E-state index in [1.54, 1.807) is 13.2 Å². The largest absolute Gasteiger partial charge is 0.353 e. The molecule has 1 saturated heterocycles. The van der Waals surface area contributed by atoms with Gasteiger partial charge < -0.3 is 10.6 Å². The van der Waals surface area contributed by atoms with Gasteiger partial charge >= 0.3 is 0 Å². The molecular formula is C16H21IN4O2S. The number of hydrogen-bond donors (Lipinski definition) is 2. The van der Waals surface area contributed by atoms with Crippen LogP contribution in [0.15, 0.2) is 41.5 Å². The fourth-order valence-electron chi connectivity index (χ4n) is 2.79. The zero-order valence-electron chi connectivity index (χ0n) is 13.4. The number of sulfone groups is 1. The third kappa shape index (κ3) is 4.56. The first-order chi connectivity index (χ1) is 11.1. The van der Waals surface area contributed by atoms with Crippen LogP contribution in [0.3, 0.4) is 0 Å². The third-order valence-corrected chi connectivity index (χ3v) is 5.73. The second-order valence-electron chi connectivity index (χ2n) is 5.66. The topological polar surface area (TPSA) is 83.4 Å². The van der Waals surface area contributed by atoms with E-state index in [1.165, 1.54) is 0 Å². The van der Waals surface area contributed by atoms with E-state index in [-0.39, 0.29) is 41.5 Å². The highest BCUT2D eigenvalue weighted by atomic mass is 127. The van der Waals surface area contributed by atoms with Crippen molar-refractivity contribution in [2.24, 2.45) is 4.99 Å². The first kappa shape index (κ1) is 18.9. The number of hydrogen-bond acceptors (Lipinski definition) is 4. The van der Waals surface area contributed by atoms with Crippen LogP contribution in [-0.4, -0.2) is 44.0 Å². The van der Waals surface area contributed by atoms with Gasteiger partial charge in [-0.2, -0.15) is 0 Å². The lowest BCUT2D eigenvalue weighted by atomic mass is 10.1. The highest BCUT2D eigenvalue weighted by molar-refractivity contribution is 14.0. The number of rotatable bonds is 3. The van der Waals surface area contributed by atoms with Crippen molar-refractivity contribution in [3.63, 3.8) is 0 Å². The molecule has 0 saturated carbocycles. The van der Waals surface area contributed by atoms with Crippen LogP contribution in [0.1, 0.15) is 12.0 Å². The van der Waals surface area contributed by atoms with E-state index < -0.39 is 9.84 Å². The number of pyridine rings is 1. The fourth-order valence-corrected chi connectivity index (χ4v) is 4.46. The summed E-state index contributed by atoms with van der Waals surface area (Å²) < 4.78 is 23.1. The summed E-state index contributed by atoms with van der Waals surface area (Å²) >= 11 is 0. The molecule has 0 aliphatic carbocycles. The maximum absolute atomic E-state index is 11.5. The van der Waals surface area contributed by atoms with Crippen LogP contribution in [0.4, 0.5) is 0 Å². The number of nitrogens with zero attached hydrogens (tertiary/aromatic N) is 2. The van der Waals surface area contributed by atoms with Crippen molar-refractivity contribution in [2.45, 2.75) is 19.0 Å². The maximum atomic E-state index is 11.5. The lowest BCUT2D eigenvalue weighted by Gasteiger charge is -2.16. The normalized spacial score (nSPS) is 19.7. The van der Waals surface area contributed by atoms with Crippen LogP contribution >= 0.6 is 24.0 Å². The molecule has 2 aromatic rings. The summed E-state index contributed by atoms with van der Waals surface area (Å²) in [5.74, 6) is 1.03. The van der Waals surface area contributed by atoms with Crippen molar-refractivity contribution in [3.8, 4) is 0 Å². The first-order valence-corrected chi connectivity index (χ1v) is 9.40. The van der Waals surface area contributed by atoms with Gasteiger partial charge in [-0.3, -0.25) is 9.98 Å². The molecule has 24 heavy (non-hydrogen) atoms. The van der Waals surface area contributed by atoms with Crippen LogP contribution in [0.5, 0.6) is 0 Å². The van der Waals surface area contributed by atoms with Gasteiger partial charge in [0.25, 0.3) is 0 Å². The Bertz CT molecular complexity index is 834. The molecule has 1 aliphatic rings. The molecule has 1 aromatic carbocycles. The Labute approximate surface area is 159 Å². The number of guanidine groups is 1. The van der Waals surface area contributed by atoms with E-state index in [9.17, 15) is 8.42 Å². The first-order valence-electron chi connectivity index (χ1n) is 7.57. The SMILES string of the molecule is CN=C(NCc1cccc2cccnc12)NC1CCS(=O)(=O)C1.I. The number of fused-ring (bicyclic) bond motifs is 1. The number of aromatic nitrogens is 1. The summed E-state index contributed by atoms with van der Waals surface area (Å²) in [6.45, 7) is 0.577. The minimum atomic E-state index is -2.90. The van der Waals surface area contributed by atoms with Crippen molar-refractivity contribution >= 4 is 50.7 Å². The van der Waals surface area contributed by atoms with Crippen molar-refractivity contribution in [2.75, 3.05) is 18.6 Å². The highest BCUT2D eigenvalue weighted by Gasteiger charge is 2.28. The molecule has 0 amide bonds. The zero-order chi connectivity index (χ0) is 16.3. The van der Waals surface area contributed by atoms with E-state index in [1.807, 2.05) is 30.3 Å². The van der Waals surface area contributed by atoms with Crippen molar-refractivity contribution in [1.29, 1.82) is 0 Å². The summed E-state index contributed by atoms with van der Waals surface area (Å²) in [6.07, 6.45) is 2.40. The molecule has 1 atom stereocenters. The number of halogens is 1. The number of para-hydroxylation sites is 1. The summed E-state index contributed by atoms with van der Waals surface area (Å²) in [6, 6.07) is 9.93. The molecule has 8 heteroatoms. The van der Waals surface area contributed by atoms with Gasteiger partial charge in [0, 0.05) is 31.2 Å². The van der Waals surface area contributed by atoms with Gasteiger partial charge in [0.05, 0.1) is 17.0 Å². The standard InChI is InChI=1S/C16H20N4O2S.HI/c1-17-16(20-14-7-9-23(21,22)11-14)19-10-13-5-2-4-12-6-3-8-18-15(12)13;/h2-6,8,14H,7,9-11H2,1H3,(H2,17,19,20);1H. The molecule has 130 valence electrons. The van der Waals surface area contributed by atoms with Gasteiger partial charge in [-0.05, 0) is 18.1 Å². The Kier molecular flexibility index (Phi) is 6.39. The monoisotopic (exact) mass is 460 g/mol. The van der Waals surface area contributed by atoms with Crippen LogP contribution in [0.2, 0.25) is 0 Å². The van der Waals surface area contributed by atoms with Crippen molar-refractivity contribution in [1.82, 2.24) is 15.6 Å². The molecule has 3 rings (SSSR count). The number of benzene rings is 1. The molecule has 0 bridgehead atoms. The van der Waals surface area contributed by atoms with Crippen LogP contribution in [0.25, 0.3) is 10.9 Å². The molecule has 2 N–H and O–H groups in total. The maximum Gasteiger partial charge on any atom is 0.191 e. The van der Waals surface area contributed by atoms with E-state index in [4.69, 9.17) is 0 Å². The van der Waals surface area contributed by atoms with Gasteiger partial charge in [0.1, 0.15) is 0 Å². The predicted molar refractivity (Wildman–Crippen MR) is 108 cm³/mol. The zero-order valence-corrected chi connectivity index (χ0v) is 16.5. The summed E-state index contributed by atoms with van der Waals surface area (Å²) in [5.41, 5.74) is 2.03. The Morgan fingerprint density at radius 1 is 1.33 bits per heavy atom.